The molecule has 2 rings (SSSR count). The highest BCUT2D eigenvalue weighted by Crippen LogP contribution is 2.32. The summed E-state index contributed by atoms with van der Waals surface area (Å²) in [5.74, 6) is 0.416. The third kappa shape index (κ3) is 1.98. The predicted molar refractivity (Wildman–Crippen MR) is 64.5 cm³/mol. The van der Waals surface area contributed by atoms with Gasteiger partial charge in [-0.1, -0.05) is 15.9 Å². The van der Waals surface area contributed by atoms with E-state index in [2.05, 4.69) is 47.0 Å². The van der Waals surface area contributed by atoms with E-state index in [-0.39, 0.29) is 5.69 Å². The van der Waals surface area contributed by atoms with E-state index in [1.807, 2.05) is 6.07 Å². The topological polar surface area (TPSA) is 87.6 Å². The van der Waals surface area contributed by atoms with Gasteiger partial charge in [-0.2, -0.15) is 5.10 Å². The Labute approximate surface area is 101 Å². The number of nitrogens with two attached hydrogens (primary N) is 1. The molecule has 0 saturated carbocycles. The number of nitrogens with one attached hydrogen (secondary N) is 2. The van der Waals surface area contributed by atoms with Gasteiger partial charge in [-0.05, 0) is 28.1 Å². The highest BCUT2D eigenvalue weighted by molar-refractivity contribution is 9.11. The number of aromatic amines is 2. The molecule has 0 amide bonds. The highest BCUT2D eigenvalue weighted by atomic mass is 79.9. The van der Waals surface area contributed by atoms with Gasteiger partial charge in [0.2, 0.25) is 0 Å². The van der Waals surface area contributed by atoms with Crippen molar-refractivity contribution in [2.24, 2.45) is 0 Å². The minimum absolute atomic E-state index is 0.361. The van der Waals surface area contributed by atoms with E-state index < -0.39 is 0 Å². The Morgan fingerprint density at radius 3 is 2.67 bits per heavy atom. The molecule has 0 spiro atoms. The molecule has 7 heteroatoms. The third-order valence-corrected chi connectivity index (χ3v) is 2.96. The number of hydrogen-bond donors (Lipinski definition) is 3. The van der Waals surface area contributed by atoms with Crippen LogP contribution >= 0.6 is 31.9 Å². The number of anilines is 1. The van der Waals surface area contributed by atoms with Crippen molar-refractivity contribution in [1.29, 1.82) is 0 Å². The summed E-state index contributed by atoms with van der Waals surface area (Å²) in [7, 11) is 0. The molecule has 5 nitrogen and oxygen atoms in total. The van der Waals surface area contributed by atoms with Crippen LogP contribution in [0.25, 0.3) is 11.4 Å². The van der Waals surface area contributed by atoms with E-state index in [0.29, 0.717) is 17.1 Å². The minimum atomic E-state index is -0.361. The molecule has 0 saturated heterocycles. The second-order valence-electron chi connectivity index (χ2n) is 2.88. The summed E-state index contributed by atoms with van der Waals surface area (Å²) >= 11 is 6.65. The highest BCUT2D eigenvalue weighted by Gasteiger charge is 2.10. The van der Waals surface area contributed by atoms with Crippen molar-refractivity contribution in [1.82, 2.24) is 15.2 Å². The minimum Gasteiger partial charge on any atom is -0.397 e. The van der Waals surface area contributed by atoms with Crippen LogP contribution in [0.2, 0.25) is 0 Å². The van der Waals surface area contributed by atoms with Crippen LogP contribution in [0.4, 0.5) is 5.69 Å². The van der Waals surface area contributed by atoms with Gasteiger partial charge in [0.05, 0.1) is 5.69 Å². The second-order valence-corrected chi connectivity index (χ2v) is 4.65. The summed E-state index contributed by atoms with van der Waals surface area (Å²) in [6, 6.07) is 3.61. The van der Waals surface area contributed by atoms with Gasteiger partial charge >= 0.3 is 5.69 Å². The van der Waals surface area contributed by atoms with Crippen molar-refractivity contribution >= 4 is 37.5 Å². The molecule has 0 fully saturated rings. The molecule has 0 aliphatic heterocycles. The third-order valence-electron chi connectivity index (χ3n) is 1.85. The van der Waals surface area contributed by atoms with Crippen molar-refractivity contribution in [2.75, 3.05) is 5.73 Å². The average Bonchev–Trinajstić information content (AvgIpc) is 2.58. The van der Waals surface area contributed by atoms with Gasteiger partial charge < -0.3 is 5.73 Å². The van der Waals surface area contributed by atoms with Crippen LogP contribution in [0.3, 0.4) is 0 Å². The maximum absolute atomic E-state index is 10.9. The van der Waals surface area contributed by atoms with Gasteiger partial charge in [-0.15, -0.1) is 0 Å². The zero-order valence-corrected chi connectivity index (χ0v) is 10.5. The smallest absolute Gasteiger partial charge is 0.340 e. The number of nitrogen functional groups attached to an aromatic ring is 1. The van der Waals surface area contributed by atoms with Crippen LogP contribution in [0.5, 0.6) is 0 Å². The zero-order chi connectivity index (χ0) is 11.0. The lowest BCUT2D eigenvalue weighted by Crippen LogP contribution is -2.00. The molecule has 1 aromatic carbocycles. The Morgan fingerprint density at radius 1 is 1.33 bits per heavy atom. The van der Waals surface area contributed by atoms with E-state index >= 15 is 0 Å². The van der Waals surface area contributed by atoms with Gasteiger partial charge in [0.25, 0.3) is 0 Å². The summed E-state index contributed by atoms with van der Waals surface area (Å²) < 4.78 is 1.60. The maximum Gasteiger partial charge on any atom is 0.340 e. The Hall–Kier alpha value is -1.08. The molecule has 0 aliphatic carbocycles. The number of halogens is 2. The maximum atomic E-state index is 10.9. The van der Waals surface area contributed by atoms with E-state index in [1.54, 1.807) is 6.07 Å². The predicted octanol–water partition coefficient (Wildman–Crippen LogP) is 1.87. The molecule has 0 bridgehead atoms. The largest absolute Gasteiger partial charge is 0.397 e. The van der Waals surface area contributed by atoms with Crippen molar-refractivity contribution in [3.05, 3.63) is 31.6 Å². The van der Waals surface area contributed by atoms with Crippen LogP contribution < -0.4 is 11.4 Å². The molecule has 1 heterocycles. The SMILES string of the molecule is Nc1c(Br)cc(Br)cc1-c1n[nH]c(=O)[nH]1. The Bertz CT molecular complexity index is 560. The molecule has 1 aromatic heterocycles. The molecule has 78 valence electrons. The number of benzene rings is 1. The second kappa shape index (κ2) is 3.82. The van der Waals surface area contributed by atoms with E-state index in [9.17, 15) is 4.79 Å². The molecular weight excluding hydrogens is 328 g/mol. The first-order valence-electron chi connectivity index (χ1n) is 3.97. The fraction of sp³-hybridized carbons (Fsp3) is 0. The molecule has 4 N–H and O–H groups in total. The summed E-state index contributed by atoms with van der Waals surface area (Å²) in [6.45, 7) is 0. The summed E-state index contributed by atoms with van der Waals surface area (Å²) in [6.07, 6.45) is 0. The van der Waals surface area contributed by atoms with Crippen molar-refractivity contribution < 1.29 is 0 Å². The Kier molecular flexibility index (Phi) is 2.66. The molecule has 2 aromatic rings. The first-order valence-corrected chi connectivity index (χ1v) is 5.56. The van der Waals surface area contributed by atoms with Crippen molar-refractivity contribution in [2.45, 2.75) is 0 Å². The molecule has 0 radical (unpaired) electrons. The van der Waals surface area contributed by atoms with Crippen molar-refractivity contribution in [3.63, 3.8) is 0 Å². The standard InChI is InChI=1S/C8H6Br2N4O/c9-3-1-4(6(11)5(10)2-3)7-12-8(15)14-13-7/h1-2H,11H2,(H2,12,13,14,15). The van der Waals surface area contributed by atoms with Crippen molar-refractivity contribution in [3.8, 4) is 11.4 Å². The molecule has 0 unspecified atom stereocenters. The number of aromatic nitrogens is 3. The van der Waals surface area contributed by atoms with Gasteiger partial charge in [0, 0.05) is 14.5 Å². The van der Waals surface area contributed by atoms with Crippen LogP contribution in [0.15, 0.2) is 25.9 Å². The van der Waals surface area contributed by atoms with E-state index in [0.717, 1.165) is 8.95 Å². The number of nitrogens with zero attached hydrogens (tertiary/aromatic N) is 1. The summed E-state index contributed by atoms with van der Waals surface area (Å²) in [5, 5.41) is 6.10. The van der Waals surface area contributed by atoms with E-state index in [1.165, 1.54) is 0 Å². The van der Waals surface area contributed by atoms with Crippen LogP contribution in [-0.4, -0.2) is 15.2 Å². The Balaban J connectivity index is 2.67. The average molecular weight is 334 g/mol. The van der Waals surface area contributed by atoms with Crippen LogP contribution in [0.1, 0.15) is 0 Å². The van der Waals surface area contributed by atoms with Gasteiger partial charge in [-0.25, -0.2) is 9.89 Å². The fourth-order valence-corrected chi connectivity index (χ4v) is 2.40. The molecule has 15 heavy (non-hydrogen) atoms. The van der Waals surface area contributed by atoms with Gasteiger partial charge in [0.15, 0.2) is 5.82 Å². The Morgan fingerprint density at radius 2 is 2.07 bits per heavy atom. The monoisotopic (exact) mass is 332 g/mol. The number of H-pyrrole nitrogens is 2. The normalized spacial score (nSPS) is 10.5. The van der Waals surface area contributed by atoms with Crippen LogP contribution in [0, 0.1) is 0 Å². The first-order chi connectivity index (χ1) is 7.08. The molecule has 0 atom stereocenters. The lowest BCUT2D eigenvalue weighted by Gasteiger charge is -2.05. The summed E-state index contributed by atoms with van der Waals surface area (Å²) in [4.78, 5) is 13.5. The van der Waals surface area contributed by atoms with Crippen LogP contribution in [-0.2, 0) is 0 Å². The first kappa shape index (κ1) is 10.4. The summed E-state index contributed by atoms with van der Waals surface area (Å²) in [5.41, 5.74) is 6.68. The quantitative estimate of drug-likeness (QED) is 0.696. The fourth-order valence-electron chi connectivity index (χ4n) is 1.18. The van der Waals surface area contributed by atoms with E-state index in [4.69, 9.17) is 5.73 Å². The van der Waals surface area contributed by atoms with Gasteiger partial charge in [0.1, 0.15) is 0 Å². The lowest BCUT2D eigenvalue weighted by molar-refractivity contribution is 1.05. The van der Waals surface area contributed by atoms with Gasteiger partial charge in [-0.3, -0.25) is 4.98 Å². The number of hydrogen-bond acceptors (Lipinski definition) is 3. The lowest BCUT2D eigenvalue weighted by atomic mass is 10.2. The zero-order valence-electron chi connectivity index (χ0n) is 7.34. The molecular formula is C8H6Br2N4O. The molecule has 0 aliphatic rings. The number of rotatable bonds is 1.